The van der Waals surface area contributed by atoms with E-state index in [0.717, 1.165) is 52.1 Å². The third-order valence-electron chi connectivity index (χ3n) is 4.85. The molecule has 0 atom stereocenters. The van der Waals surface area contributed by atoms with Crippen LogP contribution in [0.15, 0.2) is 24.3 Å². The number of nitrogens with two attached hydrogens (primary N) is 1. The van der Waals surface area contributed by atoms with Crippen molar-refractivity contribution in [1.29, 1.82) is 0 Å². The fraction of sp³-hybridized carbons (Fsp3) is 0.647. The van der Waals surface area contributed by atoms with Gasteiger partial charge < -0.3 is 10.5 Å². The van der Waals surface area contributed by atoms with Crippen molar-refractivity contribution in [3.63, 3.8) is 0 Å². The van der Waals surface area contributed by atoms with Crippen molar-refractivity contribution in [2.45, 2.75) is 37.6 Å². The summed E-state index contributed by atoms with van der Waals surface area (Å²) in [4.78, 5) is 2.48. The molecule has 2 N–H and O–H groups in total. The van der Waals surface area contributed by atoms with Gasteiger partial charge in [-0.3, -0.25) is 4.90 Å². The molecule has 1 aliphatic heterocycles. The summed E-state index contributed by atoms with van der Waals surface area (Å²) in [7, 11) is 0. The number of ether oxygens (including phenoxy) is 1. The molecule has 1 aromatic rings. The van der Waals surface area contributed by atoms with E-state index in [9.17, 15) is 0 Å². The van der Waals surface area contributed by atoms with Crippen LogP contribution in [0.1, 0.15) is 36.8 Å². The number of rotatable bonds is 4. The SMILES string of the molecule is NC1(c2ccc(CCN3CCOCC3)cc2)CCCC1. The molecule has 1 saturated carbocycles. The van der Waals surface area contributed by atoms with Crippen LogP contribution in [0.4, 0.5) is 0 Å². The zero-order chi connectivity index (χ0) is 13.8. The van der Waals surface area contributed by atoms with E-state index in [1.807, 2.05) is 0 Å². The lowest BCUT2D eigenvalue weighted by Crippen LogP contribution is -2.37. The van der Waals surface area contributed by atoms with Gasteiger partial charge in [0, 0.05) is 25.2 Å². The van der Waals surface area contributed by atoms with E-state index in [2.05, 4.69) is 29.2 Å². The Morgan fingerprint density at radius 1 is 1.05 bits per heavy atom. The van der Waals surface area contributed by atoms with Crippen LogP contribution in [0.5, 0.6) is 0 Å². The molecule has 0 radical (unpaired) electrons. The Bertz CT molecular complexity index is 417. The van der Waals surface area contributed by atoms with E-state index >= 15 is 0 Å². The van der Waals surface area contributed by atoms with Crippen LogP contribution in [0.25, 0.3) is 0 Å². The predicted molar refractivity (Wildman–Crippen MR) is 81.7 cm³/mol. The molecular weight excluding hydrogens is 248 g/mol. The zero-order valence-corrected chi connectivity index (χ0v) is 12.3. The van der Waals surface area contributed by atoms with Gasteiger partial charge in [-0.25, -0.2) is 0 Å². The molecule has 1 saturated heterocycles. The Balaban J connectivity index is 1.55. The molecule has 2 fully saturated rings. The number of morpholine rings is 1. The number of benzene rings is 1. The number of hydrogen-bond donors (Lipinski definition) is 1. The first-order chi connectivity index (χ1) is 9.76. The smallest absolute Gasteiger partial charge is 0.0594 e. The highest BCUT2D eigenvalue weighted by molar-refractivity contribution is 5.29. The number of nitrogens with zero attached hydrogens (tertiary/aromatic N) is 1. The summed E-state index contributed by atoms with van der Waals surface area (Å²) in [5.74, 6) is 0. The zero-order valence-electron chi connectivity index (χ0n) is 12.3. The van der Waals surface area contributed by atoms with Gasteiger partial charge in [0.05, 0.1) is 13.2 Å². The molecule has 1 heterocycles. The van der Waals surface area contributed by atoms with Crippen molar-refractivity contribution in [3.05, 3.63) is 35.4 Å². The maximum Gasteiger partial charge on any atom is 0.0594 e. The molecule has 0 spiro atoms. The quantitative estimate of drug-likeness (QED) is 0.915. The largest absolute Gasteiger partial charge is 0.379 e. The summed E-state index contributed by atoms with van der Waals surface area (Å²) in [5, 5.41) is 0. The highest BCUT2D eigenvalue weighted by Crippen LogP contribution is 2.36. The van der Waals surface area contributed by atoms with Crippen LogP contribution in [0, 0.1) is 0 Å². The summed E-state index contributed by atoms with van der Waals surface area (Å²) in [6.07, 6.45) is 5.95. The van der Waals surface area contributed by atoms with E-state index in [0.29, 0.717) is 0 Å². The van der Waals surface area contributed by atoms with E-state index in [1.54, 1.807) is 0 Å². The van der Waals surface area contributed by atoms with E-state index < -0.39 is 0 Å². The monoisotopic (exact) mass is 274 g/mol. The second kappa shape index (κ2) is 6.25. The van der Waals surface area contributed by atoms with Gasteiger partial charge >= 0.3 is 0 Å². The van der Waals surface area contributed by atoms with Gasteiger partial charge in [-0.15, -0.1) is 0 Å². The highest BCUT2D eigenvalue weighted by atomic mass is 16.5. The molecule has 3 nitrogen and oxygen atoms in total. The molecule has 0 unspecified atom stereocenters. The Morgan fingerprint density at radius 3 is 2.35 bits per heavy atom. The highest BCUT2D eigenvalue weighted by Gasteiger charge is 2.30. The maximum atomic E-state index is 6.50. The molecular formula is C17H26N2O. The van der Waals surface area contributed by atoms with Gasteiger partial charge in [0.15, 0.2) is 0 Å². The molecule has 3 heteroatoms. The molecule has 0 bridgehead atoms. The molecule has 20 heavy (non-hydrogen) atoms. The van der Waals surface area contributed by atoms with Crippen molar-refractivity contribution in [2.24, 2.45) is 5.73 Å². The third-order valence-corrected chi connectivity index (χ3v) is 4.85. The molecule has 3 rings (SSSR count). The average Bonchev–Trinajstić information content (AvgIpc) is 2.95. The fourth-order valence-corrected chi connectivity index (χ4v) is 3.41. The molecule has 1 aliphatic carbocycles. The van der Waals surface area contributed by atoms with E-state index in [-0.39, 0.29) is 5.54 Å². The first kappa shape index (κ1) is 14.1. The Morgan fingerprint density at radius 2 is 1.70 bits per heavy atom. The Kier molecular flexibility index (Phi) is 4.39. The Hall–Kier alpha value is -0.900. The summed E-state index contributed by atoms with van der Waals surface area (Å²) >= 11 is 0. The van der Waals surface area contributed by atoms with E-state index in [4.69, 9.17) is 10.5 Å². The molecule has 2 aliphatic rings. The van der Waals surface area contributed by atoms with Crippen molar-refractivity contribution in [1.82, 2.24) is 4.90 Å². The van der Waals surface area contributed by atoms with Gasteiger partial charge in [-0.1, -0.05) is 37.1 Å². The standard InChI is InChI=1S/C17H26N2O/c18-17(8-1-2-9-17)16-5-3-15(4-6-16)7-10-19-11-13-20-14-12-19/h3-6H,1-2,7-14,18H2. The minimum absolute atomic E-state index is 0.0528. The first-order valence-electron chi connectivity index (χ1n) is 7.95. The maximum absolute atomic E-state index is 6.50. The molecule has 0 aromatic heterocycles. The summed E-state index contributed by atoms with van der Waals surface area (Å²) in [5.41, 5.74) is 9.19. The minimum atomic E-state index is -0.0528. The lowest BCUT2D eigenvalue weighted by atomic mass is 9.89. The van der Waals surface area contributed by atoms with Gasteiger partial charge in [-0.05, 0) is 30.4 Å². The summed E-state index contributed by atoms with van der Waals surface area (Å²) < 4.78 is 5.38. The third kappa shape index (κ3) is 3.22. The van der Waals surface area contributed by atoms with Gasteiger partial charge in [0.1, 0.15) is 0 Å². The van der Waals surface area contributed by atoms with Crippen LogP contribution in [-0.2, 0) is 16.7 Å². The second-order valence-electron chi connectivity index (χ2n) is 6.26. The van der Waals surface area contributed by atoms with Gasteiger partial charge in [0.25, 0.3) is 0 Å². The molecule has 0 amide bonds. The van der Waals surface area contributed by atoms with Crippen LogP contribution in [0.2, 0.25) is 0 Å². The lowest BCUT2D eigenvalue weighted by Gasteiger charge is -2.27. The minimum Gasteiger partial charge on any atom is -0.379 e. The number of hydrogen-bond acceptors (Lipinski definition) is 3. The van der Waals surface area contributed by atoms with Crippen molar-refractivity contribution in [2.75, 3.05) is 32.8 Å². The summed E-state index contributed by atoms with van der Waals surface area (Å²) in [6, 6.07) is 9.03. The normalized spacial score (nSPS) is 23.1. The average molecular weight is 274 g/mol. The van der Waals surface area contributed by atoms with E-state index in [1.165, 1.54) is 24.0 Å². The molecule has 110 valence electrons. The van der Waals surface area contributed by atoms with Gasteiger partial charge in [-0.2, -0.15) is 0 Å². The van der Waals surface area contributed by atoms with Crippen LogP contribution in [-0.4, -0.2) is 37.7 Å². The van der Waals surface area contributed by atoms with Crippen molar-refractivity contribution < 1.29 is 4.74 Å². The van der Waals surface area contributed by atoms with Crippen LogP contribution in [0.3, 0.4) is 0 Å². The van der Waals surface area contributed by atoms with Crippen LogP contribution >= 0.6 is 0 Å². The van der Waals surface area contributed by atoms with Crippen molar-refractivity contribution in [3.8, 4) is 0 Å². The topological polar surface area (TPSA) is 38.5 Å². The van der Waals surface area contributed by atoms with Crippen molar-refractivity contribution >= 4 is 0 Å². The lowest BCUT2D eigenvalue weighted by molar-refractivity contribution is 0.0384. The first-order valence-corrected chi connectivity index (χ1v) is 7.95. The summed E-state index contributed by atoms with van der Waals surface area (Å²) in [6.45, 7) is 5.05. The molecule has 1 aromatic carbocycles. The second-order valence-corrected chi connectivity index (χ2v) is 6.26. The van der Waals surface area contributed by atoms with Gasteiger partial charge in [0.2, 0.25) is 0 Å². The van der Waals surface area contributed by atoms with Crippen LogP contribution < -0.4 is 5.73 Å². The fourth-order valence-electron chi connectivity index (χ4n) is 3.41. The Labute approximate surface area is 122 Å². The predicted octanol–water partition coefficient (Wildman–Crippen LogP) is 2.29.